The van der Waals surface area contributed by atoms with Gasteiger partial charge < -0.3 is 10.2 Å². The van der Waals surface area contributed by atoms with Crippen LogP contribution in [0, 0.1) is 5.92 Å². The summed E-state index contributed by atoms with van der Waals surface area (Å²) in [6, 6.07) is 1.96. The van der Waals surface area contributed by atoms with E-state index in [1.165, 1.54) is 0 Å². The Hall–Kier alpha value is -1.58. The van der Waals surface area contributed by atoms with Crippen molar-refractivity contribution in [3.63, 3.8) is 0 Å². The van der Waals surface area contributed by atoms with Gasteiger partial charge in [-0.05, 0) is 18.9 Å². The number of carbonyl (C=O) groups is 1. The van der Waals surface area contributed by atoms with Gasteiger partial charge in [0.15, 0.2) is 0 Å². The zero-order valence-electron chi connectivity index (χ0n) is 11.2. The first kappa shape index (κ1) is 13.5. The van der Waals surface area contributed by atoms with E-state index in [2.05, 4.69) is 31.1 Å². The lowest BCUT2D eigenvalue weighted by molar-refractivity contribution is 0.0708. The Labute approximate surface area is 103 Å². The minimum absolute atomic E-state index is 0.0259. The van der Waals surface area contributed by atoms with Gasteiger partial charge in [0, 0.05) is 26.3 Å². The molecule has 0 bridgehead atoms. The Balaban J connectivity index is 2.96. The van der Waals surface area contributed by atoms with Gasteiger partial charge in [-0.2, -0.15) is 0 Å². The molecule has 1 atom stereocenters. The van der Waals surface area contributed by atoms with Crippen LogP contribution in [0.2, 0.25) is 0 Å². The lowest BCUT2D eigenvalue weighted by atomic mass is 10.0. The number of nitrogens with zero attached hydrogens (tertiary/aromatic N) is 2. The molecule has 1 rings (SSSR count). The van der Waals surface area contributed by atoms with Crippen molar-refractivity contribution in [2.24, 2.45) is 5.92 Å². The second kappa shape index (κ2) is 5.66. The van der Waals surface area contributed by atoms with Crippen molar-refractivity contribution in [3.05, 3.63) is 24.0 Å². The molecule has 4 heteroatoms. The highest BCUT2D eigenvalue weighted by molar-refractivity contribution is 5.99. The van der Waals surface area contributed by atoms with Gasteiger partial charge in [-0.15, -0.1) is 0 Å². The predicted molar refractivity (Wildman–Crippen MR) is 70.2 cm³/mol. The van der Waals surface area contributed by atoms with Crippen LogP contribution in [0.25, 0.3) is 0 Å². The molecule has 0 saturated carbocycles. The summed E-state index contributed by atoms with van der Waals surface area (Å²) in [5.74, 6) is 0.460. The van der Waals surface area contributed by atoms with Crippen LogP contribution in [0.15, 0.2) is 18.5 Å². The maximum absolute atomic E-state index is 12.3. The van der Waals surface area contributed by atoms with Crippen molar-refractivity contribution in [1.29, 1.82) is 0 Å². The van der Waals surface area contributed by atoms with Gasteiger partial charge in [-0.1, -0.05) is 13.8 Å². The molecular weight excluding hydrogens is 214 g/mol. The molecule has 0 fully saturated rings. The Kier molecular flexibility index (Phi) is 4.49. The predicted octanol–water partition coefficient (Wildman–Crippen LogP) is 2.24. The molecule has 17 heavy (non-hydrogen) atoms. The summed E-state index contributed by atoms with van der Waals surface area (Å²) in [6.45, 7) is 6.28. The van der Waals surface area contributed by atoms with E-state index in [0.29, 0.717) is 11.5 Å². The molecule has 0 spiro atoms. The number of anilines is 1. The Morgan fingerprint density at radius 1 is 1.41 bits per heavy atom. The summed E-state index contributed by atoms with van der Waals surface area (Å²) in [5, 5.41) is 2.99. The molecule has 1 amide bonds. The van der Waals surface area contributed by atoms with Crippen LogP contribution >= 0.6 is 0 Å². The highest BCUT2D eigenvalue weighted by atomic mass is 16.2. The van der Waals surface area contributed by atoms with Crippen LogP contribution in [0.3, 0.4) is 0 Å². The number of aromatic nitrogens is 1. The van der Waals surface area contributed by atoms with Gasteiger partial charge in [0.05, 0.1) is 17.4 Å². The summed E-state index contributed by atoms with van der Waals surface area (Å²) in [6.07, 6.45) is 3.31. The van der Waals surface area contributed by atoms with Gasteiger partial charge in [0.1, 0.15) is 0 Å². The molecular formula is C13H21N3O. The summed E-state index contributed by atoms with van der Waals surface area (Å²) in [5.41, 5.74) is 1.43. The number of pyridine rings is 1. The van der Waals surface area contributed by atoms with E-state index in [-0.39, 0.29) is 11.9 Å². The SMILES string of the molecule is CNc1cnccc1C(=O)N(C)C(C)C(C)C. The highest BCUT2D eigenvalue weighted by Gasteiger charge is 2.21. The smallest absolute Gasteiger partial charge is 0.256 e. The van der Waals surface area contributed by atoms with Crippen LogP contribution in [-0.2, 0) is 0 Å². The van der Waals surface area contributed by atoms with Crippen LogP contribution in [-0.4, -0.2) is 35.9 Å². The normalized spacial score (nSPS) is 12.4. The molecule has 0 radical (unpaired) electrons. The van der Waals surface area contributed by atoms with Crippen LogP contribution < -0.4 is 5.32 Å². The molecule has 0 aliphatic rings. The topological polar surface area (TPSA) is 45.2 Å². The number of rotatable bonds is 4. The zero-order chi connectivity index (χ0) is 13.0. The third kappa shape index (κ3) is 2.96. The zero-order valence-corrected chi connectivity index (χ0v) is 11.2. The van der Waals surface area contributed by atoms with E-state index >= 15 is 0 Å². The standard InChI is InChI=1S/C13H21N3O/c1-9(2)10(3)16(5)13(17)11-6-7-15-8-12(11)14-4/h6-10,14H,1-5H3. The molecule has 0 aliphatic heterocycles. The lowest BCUT2D eigenvalue weighted by Gasteiger charge is -2.28. The molecule has 1 heterocycles. The van der Waals surface area contributed by atoms with Gasteiger partial charge in [0.2, 0.25) is 0 Å². The van der Waals surface area contributed by atoms with Crippen molar-refractivity contribution in [2.75, 3.05) is 19.4 Å². The Bertz CT molecular complexity index is 390. The van der Waals surface area contributed by atoms with Crippen LogP contribution in [0.4, 0.5) is 5.69 Å². The fourth-order valence-electron chi connectivity index (χ4n) is 1.60. The van der Waals surface area contributed by atoms with E-state index < -0.39 is 0 Å². The Morgan fingerprint density at radius 2 is 2.06 bits per heavy atom. The van der Waals surface area contributed by atoms with E-state index in [9.17, 15) is 4.79 Å². The van der Waals surface area contributed by atoms with Gasteiger partial charge >= 0.3 is 0 Å². The quantitative estimate of drug-likeness (QED) is 0.870. The fourth-order valence-corrected chi connectivity index (χ4v) is 1.60. The first-order valence-electron chi connectivity index (χ1n) is 5.88. The largest absolute Gasteiger partial charge is 0.386 e. The molecule has 94 valence electrons. The molecule has 0 aliphatic carbocycles. The van der Waals surface area contributed by atoms with Gasteiger partial charge in [-0.25, -0.2) is 0 Å². The van der Waals surface area contributed by atoms with Crippen molar-refractivity contribution in [3.8, 4) is 0 Å². The van der Waals surface area contributed by atoms with Gasteiger partial charge in [0.25, 0.3) is 5.91 Å². The summed E-state index contributed by atoms with van der Waals surface area (Å²) in [7, 11) is 3.63. The Morgan fingerprint density at radius 3 is 2.59 bits per heavy atom. The van der Waals surface area contributed by atoms with Crippen molar-refractivity contribution >= 4 is 11.6 Å². The number of hydrogen-bond donors (Lipinski definition) is 1. The van der Waals surface area contributed by atoms with E-state index in [1.54, 1.807) is 30.4 Å². The second-order valence-corrected chi connectivity index (χ2v) is 4.57. The van der Waals surface area contributed by atoms with E-state index in [0.717, 1.165) is 5.69 Å². The number of hydrogen-bond acceptors (Lipinski definition) is 3. The fraction of sp³-hybridized carbons (Fsp3) is 0.538. The monoisotopic (exact) mass is 235 g/mol. The second-order valence-electron chi connectivity index (χ2n) is 4.57. The van der Waals surface area contributed by atoms with Crippen molar-refractivity contribution < 1.29 is 4.79 Å². The van der Waals surface area contributed by atoms with E-state index in [1.807, 2.05) is 7.05 Å². The lowest BCUT2D eigenvalue weighted by Crippen LogP contribution is -2.38. The molecule has 4 nitrogen and oxygen atoms in total. The maximum Gasteiger partial charge on any atom is 0.256 e. The van der Waals surface area contributed by atoms with E-state index in [4.69, 9.17) is 0 Å². The average Bonchev–Trinajstić information content (AvgIpc) is 2.35. The third-order valence-corrected chi connectivity index (χ3v) is 3.22. The maximum atomic E-state index is 12.3. The van der Waals surface area contributed by atoms with Crippen molar-refractivity contribution in [2.45, 2.75) is 26.8 Å². The molecule has 0 aromatic carbocycles. The van der Waals surface area contributed by atoms with Crippen molar-refractivity contribution in [1.82, 2.24) is 9.88 Å². The number of nitrogens with one attached hydrogen (secondary N) is 1. The average molecular weight is 235 g/mol. The van der Waals surface area contributed by atoms with Crippen LogP contribution in [0.5, 0.6) is 0 Å². The summed E-state index contributed by atoms with van der Waals surface area (Å²) < 4.78 is 0. The molecule has 0 saturated heterocycles. The van der Waals surface area contributed by atoms with Gasteiger partial charge in [-0.3, -0.25) is 9.78 Å². The minimum Gasteiger partial charge on any atom is -0.386 e. The number of carbonyl (C=O) groups excluding carboxylic acids is 1. The minimum atomic E-state index is 0.0259. The first-order chi connectivity index (χ1) is 7.99. The van der Waals surface area contributed by atoms with Crippen LogP contribution in [0.1, 0.15) is 31.1 Å². The molecule has 1 aromatic heterocycles. The highest BCUT2D eigenvalue weighted by Crippen LogP contribution is 2.17. The molecule has 1 aromatic rings. The summed E-state index contributed by atoms with van der Waals surface area (Å²) >= 11 is 0. The molecule has 1 unspecified atom stereocenters. The first-order valence-corrected chi connectivity index (χ1v) is 5.88. The summed E-state index contributed by atoms with van der Waals surface area (Å²) in [4.78, 5) is 18.1. The number of amides is 1. The molecule has 1 N–H and O–H groups in total. The third-order valence-electron chi connectivity index (χ3n) is 3.22.